The Morgan fingerprint density at radius 2 is 2.19 bits per heavy atom. The number of rotatable bonds is 2. The standard InChI is InChI=1S/C12H16IN3/c1-9-6-11(4-5-14-9)8-16-10(2)7-12(13)15(16)3/h4-7,12H,8H2,1-3H3. The summed E-state index contributed by atoms with van der Waals surface area (Å²) in [7, 11) is 2.12. The van der Waals surface area contributed by atoms with E-state index in [9.17, 15) is 0 Å². The summed E-state index contributed by atoms with van der Waals surface area (Å²) in [5.41, 5.74) is 3.70. The molecule has 3 nitrogen and oxygen atoms in total. The number of aromatic nitrogens is 1. The normalized spacial score (nSPS) is 21.4. The Hall–Kier alpha value is -0.620. The minimum atomic E-state index is 0.459. The minimum Gasteiger partial charge on any atom is -0.305 e. The third kappa shape index (κ3) is 2.38. The summed E-state index contributed by atoms with van der Waals surface area (Å²) in [6, 6.07) is 4.22. The Labute approximate surface area is 110 Å². The van der Waals surface area contributed by atoms with E-state index in [0.717, 1.165) is 12.2 Å². The van der Waals surface area contributed by atoms with Crippen LogP contribution in [0.4, 0.5) is 0 Å². The zero-order chi connectivity index (χ0) is 11.7. The number of hydrogen-bond donors (Lipinski definition) is 0. The smallest absolute Gasteiger partial charge is 0.100 e. The van der Waals surface area contributed by atoms with Crippen LogP contribution < -0.4 is 0 Å². The van der Waals surface area contributed by atoms with E-state index in [1.807, 2.05) is 13.1 Å². The van der Waals surface area contributed by atoms with E-state index in [4.69, 9.17) is 0 Å². The summed E-state index contributed by atoms with van der Waals surface area (Å²) in [5.74, 6) is 0. The molecule has 0 saturated carbocycles. The van der Waals surface area contributed by atoms with Crippen molar-refractivity contribution in [2.75, 3.05) is 7.05 Å². The summed E-state index contributed by atoms with van der Waals surface area (Å²) < 4.78 is 0.459. The van der Waals surface area contributed by atoms with Gasteiger partial charge in [-0.15, -0.1) is 0 Å². The van der Waals surface area contributed by atoms with E-state index in [2.05, 4.69) is 69.8 Å². The van der Waals surface area contributed by atoms with Gasteiger partial charge in [-0.25, -0.2) is 5.01 Å². The van der Waals surface area contributed by atoms with Crippen LogP contribution in [-0.2, 0) is 6.54 Å². The summed E-state index contributed by atoms with van der Waals surface area (Å²) in [4.78, 5) is 4.22. The predicted octanol–water partition coefficient (Wildman–Crippen LogP) is 2.72. The number of allylic oxidation sites excluding steroid dienone is 1. The van der Waals surface area contributed by atoms with Crippen molar-refractivity contribution in [3.63, 3.8) is 0 Å². The van der Waals surface area contributed by atoms with Crippen LogP contribution in [0.2, 0.25) is 0 Å². The highest BCUT2D eigenvalue weighted by molar-refractivity contribution is 14.1. The summed E-state index contributed by atoms with van der Waals surface area (Å²) >= 11 is 2.43. The molecule has 0 saturated heterocycles. The van der Waals surface area contributed by atoms with Gasteiger partial charge in [0, 0.05) is 24.6 Å². The SMILES string of the molecule is CC1=CC(I)N(C)N1Cc1ccnc(C)c1. The monoisotopic (exact) mass is 329 g/mol. The van der Waals surface area contributed by atoms with Gasteiger partial charge in [0.05, 0.1) is 6.54 Å². The zero-order valence-electron chi connectivity index (χ0n) is 9.81. The first-order valence-electron chi connectivity index (χ1n) is 5.32. The summed E-state index contributed by atoms with van der Waals surface area (Å²) in [6.45, 7) is 5.10. The van der Waals surface area contributed by atoms with Gasteiger partial charge in [-0.2, -0.15) is 0 Å². The lowest BCUT2D eigenvalue weighted by Crippen LogP contribution is -2.35. The van der Waals surface area contributed by atoms with Gasteiger partial charge in [-0.05, 0) is 37.6 Å². The molecule has 16 heavy (non-hydrogen) atoms. The molecule has 1 aliphatic heterocycles. The molecule has 0 radical (unpaired) electrons. The lowest BCUT2D eigenvalue weighted by atomic mass is 10.2. The molecule has 0 fully saturated rings. The third-order valence-corrected chi connectivity index (χ3v) is 3.98. The second kappa shape index (κ2) is 4.71. The number of alkyl halides is 1. The highest BCUT2D eigenvalue weighted by Gasteiger charge is 2.24. The molecule has 2 heterocycles. The quantitative estimate of drug-likeness (QED) is 0.472. The first kappa shape index (κ1) is 11.9. The summed E-state index contributed by atoms with van der Waals surface area (Å²) in [6.07, 6.45) is 4.15. The number of hydrogen-bond acceptors (Lipinski definition) is 3. The lowest BCUT2D eigenvalue weighted by molar-refractivity contribution is 0.0566. The molecule has 4 heteroatoms. The van der Waals surface area contributed by atoms with Gasteiger partial charge in [-0.3, -0.25) is 4.98 Å². The van der Waals surface area contributed by atoms with Gasteiger partial charge in [0.1, 0.15) is 4.05 Å². The molecule has 2 rings (SSSR count). The van der Waals surface area contributed by atoms with Crippen LogP contribution in [0, 0.1) is 6.92 Å². The fraction of sp³-hybridized carbons (Fsp3) is 0.417. The third-order valence-electron chi connectivity index (χ3n) is 2.82. The second-order valence-corrected chi connectivity index (χ2v) is 5.39. The maximum Gasteiger partial charge on any atom is 0.100 e. The van der Waals surface area contributed by atoms with Gasteiger partial charge < -0.3 is 5.01 Å². The van der Waals surface area contributed by atoms with Crippen LogP contribution in [0.1, 0.15) is 18.2 Å². The minimum absolute atomic E-state index is 0.459. The van der Waals surface area contributed by atoms with E-state index >= 15 is 0 Å². The van der Waals surface area contributed by atoms with Crippen molar-refractivity contribution in [1.82, 2.24) is 15.0 Å². The Balaban J connectivity index is 2.14. The zero-order valence-corrected chi connectivity index (χ0v) is 12.0. The van der Waals surface area contributed by atoms with Gasteiger partial charge >= 0.3 is 0 Å². The molecule has 0 aromatic carbocycles. The fourth-order valence-corrected chi connectivity index (χ4v) is 2.71. The van der Waals surface area contributed by atoms with E-state index in [1.165, 1.54) is 11.3 Å². The van der Waals surface area contributed by atoms with Crippen LogP contribution in [-0.4, -0.2) is 26.1 Å². The molecule has 1 atom stereocenters. The molecule has 1 aromatic heterocycles. The van der Waals surface area contributed by atoms with Crippen molar-refractivity contribution in [3.05, 3.63) is 41.4 Å². The number of likely N-dealkylation sites (N-methyl/N-ethyl adjacent to an activating group) is 1. The number of nitrogens with zero attached hydrogens (tertiary/aromatic N) is 3. The maximum atomic E-state index is 4.22. The highest BCUT2D eigenvalue weighted by Crippen LogP contribution is 2.26. The van der Waals surface area contributed by atoms with Crippen LogP contribution in [0.5, 0.6) is 0 Å². The molecular formula is C12H16IN3. The Kier molecular flexibility index (Phi) is 3.49. The second-order valence-electron chi connectivity index (χ2n) is 4.12. The van der Waals surface area contributed by atoms with Crippen LogP contribution in [0.3, 0.4) is 0 Å². The summed E-state index contributed by atoms with van der Waals surface area (Å²) in [5, 5.41) is 4.55. The van der Waals surface area contributed by atoms with Gasteiger partial charge in [0.25, 0.3) is 0 Å². The molecule has 1 aliphatic rings. The molecule has 0 spiro atoms. The van der Waals surface area contributed by atoms with Crippen molar-refractivity contribution in [2.45, 2.75) is 24.4 Å². The highest BCUT2D eigenvalue weighted by atomic mass is 127. The fourth-order valence-electron chi connectivity index (χ4n) is 1.89. The van der Waals surface area contributed by atoms with Crippen LogP contribution in [0.25, 0.3) is 0 Å². The van der Waals surface area contributed by atoms with Crippen molar-refractivity contribution < 1.29 is 0 Å². The Morgan fingerprint density at radius 3 is 2.75 bits per heavy atom. The van der Waals surface area contributed by atoms with Gasteiger partial charge in [-0.1, -0.05) is 22.6 Å². The molecular weight excluding hydrogens is 313 g/mol. The Bertz CT molecular complexity index is 416. The first-order chi connectivity index (χ1) is 7.58. The topological polar surface area (TPSA) is 19.4 Å². The van der Waals surface area contributed by atoms with Gasteiger partial charge in [0.15, 0.2) is 0 Å². The van der Waals surface area contributed by atoms with Crippen LogP contribution in [0.15, 0.2) is 30.1 Å². The number of hydrazine groups is 1. The molecule has 1 unspecified atom stereocenters. The number of aryl methyl sites for hydroxylation is 1. The van der Waals surface area contributed by atoms with Gasteiger partial charge in [0.2, 0.25) is 0 Å². The molecule has 1 aromatic rings. The lowest BCUT2D eigenvalue weighted by Gasteiger charge is -2.30. The molecule has 0 aliphatic carbocycles. The van der Waals surface area contributed by atoms with Crippen molar-refractivity contribution in [1.29, 1.82) is 0 Å². The average Bonchev–Trinajstić information content (AvgIpc) is 2.45. The maximum absolute atomic E-state index is 4.22. The van der Waals surface area contributed by atoms with E-state index in [-0.39, 0.29) is 0 Å². The van der Waals surface area contributed by atoms with Crippen molar-refractivity contribution in [2.24, 2.45) is 0 Å². The predicted molar refractivity (Wildman–Crippen MR) is 73.8 cm³/mol. The number of pyridine rings is 1. The largest absolute Gasteiger partial charge is 0.305 e. The van der Waals surface area contributed by atoms with E-state index in [0.29, 0.717) is 4.05 Å². The molecule has 0 N–H and O–H groups in total. The molecule has 86 valence electrons. The van der Waals surface area contributed by atoms with Crippen molar-refractivity contribution in [3.8, 4) is 0 Å². The number of halogens is 1. The average molecular weight is 329 g/mol. The molecule has 0 bridgehead atoms. The Morgan fingerprint density at radius 1 is 1.44 bits per heavy atom. The van der Waals surface area contributed by atoms with Crippen LogP contribution >= 0.6 is 22.6 Å². The van der Waals surface area contributed by atoms with E-state index in [1.54, 1.807) is 0 Å². The van der Waals surface area contributed by atoms with E-state index < -0.39 is 0 Å². The van der Waals surface area contributed by atoms with Crippen molar-refractivity contribution >= 4 is 22.6 Å². The first-order valence-corrected chi connectivity index (χ1v) is 6.57. The molecule has 0 amide bonds.